The fraction of sp³-hybridized carbons (Fsp3) is 0.267. The van der Waals surface area contributed by atoms with Crippen LogP contribution in [0.3, 0.4) is 0 Å². The minimum atomic E-state index is -3.87. The van der Waals surface area contributed by atoms with Gasteiger partial charge >= 0.3 is 5.88 Å². The lowest BCUT2D eigenvalue weighted by Crippen LogP contribution is -2.50. The molecule has 1 aliphatic heterocycles. The molecule has 0 unspecified atom stereocenters. The van der Waals surface area contributed by atoms with Crippen molar-refractivity contribution >= 4 is 45.0 Å². The molecule has 3 rings (SSSR count). The summed E-state index contributed by atoms with van der Waals surface area (Å²) in [6.45, 7) is 0.287. The molecule has 1 aromatic heterocycles. The first-order valence-electron chi connectivity index (χ1n) is 7.69. The molecule has 0 atom stereocenters. The number of rotatable bonds is 4. The van der Waals surface area contributed by atoms with Gasteiger partial charge in [0.05, 0.1) is 11.1 Å². The monoisotopic (exact) mass is 433 g/mol. The van der Waals surface area contributed by atoms with E-state index in [9.17, 15) is 23.3 Å². The van der Waals surface area contributed by atoms with E-state index in [-0.39, 0.29) is 46.9 Å². The molecular weight excluding hydrogens is 421 g/mol. The third kappa shape index (κ3) is 3.93. The van der Waals surface area contributed by atoms with Gasteiger partial charge in [0.1, 0.15) is 9.82 Å². The first kappa shape index (κ1) is 19.6. The molecule has 144 valence electrons. The molecular formula is C15H13Cl2N3O6S. The second kappa shape index (κ2) is 7.47. The number of carbonyl (C=O) groups excluding carboxylic acids is 1. The Hall–Kier alpha value is -2.14. The largest absolute Gasteiger partial charge is 0.433 e. The van der Waals surface area contributed by atoms with Crippen molar-refractivity contribution in [2.75, 3.05) is 26.2 Å². The topological polar surface area (TPSA) is 114 Å². The number of piperazine rings is 1. The number of amides is 1. The quantitative estimate of drug-likeness (QED) is 0.540. The molecule has 1 amide bonds. The van der Waals surface area contributed by atoms with Gasteiger partial charge in [-0.1, -0.05) is 23.2 Å². The Bertz CT molecular complexity index is 999. The lowest BCUT2D eigenvalue weighted by molar-refractivity contribution is -0.402. The maximum atomic E-state index is 12.8. The molecule has 2 heterocycles. The summed E-state index contributed by atoms with van der Waals surface area (Å²) < 4.78 is 31.6. The van der Waals surface area contributed by atoms with E-state index < -0.39 is 26.7 Å². The third-order valence-corrected chi connectivity index (χ3v) is 6.63. The molecule has 1 aromatic carbocycles. The molecule has 0 aliphatic carbocycles. The highest BCUT2D eigenvalue weighted by atomic mass is 35.5. The maximum Gasteiger partial charge on any atom is 0.433 e. The third-order valence-electron chi connectivity index (χ3n) is 4.02. The van der Waals surface area contributed by atoms with Crippen LogP contribution in [0.4, 0.5) is 5.88 Å². The Balaban J connectivity index is 1.71. The summed E-state index contributed by atoms with van der Waals surface area (Å²) in [5.41, 5.74) is 0. The zero-order chi connectivity index (χ0) is 19.8. The van der Waals surface area contributed by atoms with Crippen LogP contribution in [-0.2, 0) is 10.0 Å². The highest BCUT2D eigenvalue weighted by Gasteiger charge is 2.33. The van der Waals surface area contributed by atoms with Crippen LogP contribution in [0.5, 0.6) is 0 Å². The van der Waals surface area contributed by atoms with E-state index in [4.69, 9.17) is 27.6 Å². The second-order valence-electron chi connectivity index (χ2n) is 5.67. The smallest absolute Gasteiger partial charge is 0.395 e. The number of hydrogen-bond acceptors (Lipinski definition) is 6. The second-order valence-corrected chi connectivity index (χ2v) is 8.42. The van der Waals surface area contributed by atoms with Gasteiger partial charge in [-0.2, -0.15) is 4.31 Å². The van der Waals surface area contributed by atoms with Gasteiger partial charge in [-0.15, -0.1) is 0 Å². The van der Waals surface area contributed by atoms with Crippen LogP contribution >= 0.6 is 23.2 Å². The molecule has 1 aliphatic rings. The lowest BCUT2D eigenvalue weighted by Gasteiger charge is -2.33. The van der Waals surface area contributed by atoms with Gasteiger partial charge in [-0.25, -0.2) is 8.42 Å². The zero-order valence-electron chi connectivity index (χ0n) is 13.7. The van der Waals surface area contributed by atoms with Gasteiger partial charge in [0.2, 0.25) is 10.0 Å². The van der Waals surface area contributed by atoms with E-state index in [1.165, 1.54) is 33.5 Å². The number of benzene rings is 1. The van der Waals surface area contributed by atoms with Crippen LogP contribution in [0.15, 0.2) is 39.6 Å². The normalized spacial score (nSPS) is 15.7. The first-order valence-corrected chi connectivity index (χ1v) is 9.88. The summed E-state index contributed by atoms with van der Waals surface area (Å²) in [6.07, 6.45) is 0. The van der Waals surface area contributed by atoms with Crippen molar-refractivity contribution in [3.05, 3.63) is 56.3 Å². The number of nitro groups is 1. The standard InChI is InChI=1S/C15H13Cl2N3O6S/c16-10-1-2-11(17)13(9-10)27(24,25)19-7-5-18(6-8-19)15(21)12-3-4-14(26-12)20(22)23/h1-4,9H,5-8H2. The molecule has 0 N–H and O–H groups in total. The van der Waals surface area contributed by atoms with Gasteiger partial charge < -0.3 is 9.32 Å². The summed E-state index contributed by atoms with van der Waals surface area (Å²) in [6, 6.07) is 6.48. The fourth-order valence-corrected chi connectivity index (χ4v) is 4.80. The summed E-state index contributed by atoms with van der Waals surface area (Å²) >= 11 is 11.9. The van der Waals surface area contributed by atoms with Gasteiger partial charge in [0.25, 0.3) is 5.91 Å². The first-order chi connectivity index (χ1) is 12.7. The summed E-state index contributed by atoms with van der Waals surface area (Å²) in [5.74, 6) is -1.24. The average Bonchev–Trinajstić information content (AvgIpc) is 3.13. The van der Waals surface area contributed by atoms with Crippen molar-refractivity contribution in [3.8, 4) is 0 Å². The molecule has 1 saturated heterocycles. The summed E-state index contributed by atoms with van der Waals surface area (Å²) in [7, 11) is -3.87. The Kier molecular flexibility index (Phi) is 5.43. The number of halogens is 2. The van der Waals surface area contributed by atoms with E-state index in [1.807, 2.05) is 0 Å². The number of hydrogen-bond donors (Lipinski definition) is 0. The van der Waals surface area contributed by atoms with Crippen LogP contribution in [0.1, 0.15) is 10.6 Å². The summed E-state index contributed by atoms with van der Waals surface area (Å²) in [5, 5.41) is 10.9. The maximum absolute atomic E-state index is 12.8. The fourth-order valence-electron chi connectivity index (χ4n) is 2.64. The molecule has 12 heteroatoms. The van der Waals surface area contributed by atoms with Crippen LogP contribution < -0.4 is 0 Å². The van der Waals surface area contributed by atoms with Crippen molar-refractivity contribution in [2.45, 2.75) is 4.90 Å². The Morgan fingerprint density at radius 3 is 2.37 bits per heavy atom. The van der Waals surface area contributed by atoms with Crippen LogP contribution in [0.2, 0.25) is 10.0 Å². The van der Waals surface area contributed by atoms with Gasteiger partial charge in [0.15, 0.2) is 5.76 Å². The zero-order valence-corrected chi connectivity index (χ0v) is 16.0. The van der Waals surface area contributed by atoms with Crippen molar-refractivity contribution in [3.63, 3.8) is 0 Å². The molecule has 0 bridgehead atoms. The molecule has 2 aromatic rings. The Morgan fingerprint density at radius 1 is 1.11 bits per heavy atom. The summed E-state index contributed by atoms with van der Waals surface area (Å²) in [4.78, 5) is 23.5. The minimum Gasteiger partial charge on any atom is -0.395 e. The van der Waals surface area contributed by atoms with Crippen LogP contribution in [-0.4, -0.2) is 54.6 Å². The van der Waals surface area contributed by atoms with Crippen molar-refractivity contribution in [2.24, 2.45) is 0 Å². The molecule has 0 saturated carbocycles. The van der Waals surface area contributed by atoms with Gasteiger partial charge in [-0.3, -0.25) is 14.9 Å². The predicted octanol–water partition coefficient (Wildman–Crippen LogP) is 2.64. The number of furan rings is 1. The predicted molar refractivity (Wildman–Crippen MR) is 96.5 cm³/mol. The van der Waals surface area contributed by atoms with E-state index in [1.54, 1.807) is 0 Å². The highest BCUT2D eigenvalue weighted by Crippen LogP contribution is 2.28. The molecule has 0 spiro atoms. The van der Waals surface area contributed by atoms with Crippen molar-refractivity contribution < 1.29 is 22.6 Å². The number of carbonyl (C=O) groups is 1. The molecule has 27 heavy (non-hydrogen) atoms. The van der Waals surface area contributed by atoms with E-state index in [0.717, 1.165) is 6.07 Å². The molecule has 0 radical (unpaired) electrons. The number of sulfonamides is 1. The van der Waals surface area contributed by atoms with E-state index >= 15 is 0 Å². The lowest BCUT2D eigenvalue weighted by atomic mass is 10.3. The van der Waals surface area contributed by atoms with E-state index in [2.05, 4.69) is 0 Å². The van der Waals surface area contributed by atoms with Gasteiger partial charge in [-0.05, 0) is 24.3 Å². The van der Waals surface area contributed by atoms with Crippen LogP contribution in [0, 0.1) is 10.1 Å². The van der Waals surface area contributed by atoms with Crippen LogP contribution in [0.25, 0.3) is 0 Å². The SMILES string of the molecule is O=C(c1ccc([N+](=O)[O-])o1)N1CCN(S(=O)(=O)c2cc(Cl)ccc2Cl)CC1. The average molecular weight is 434 g/mol. The Morgan fingerprint density at radius 2 is 1.78 bits per heavy atom. The van der Waals surface area contributed by atoms with Crippen molar-refractivity contribution in [1.29, 1.82) is 0 Å². The molecule has 1 fully saturated rings. The molecule has 9 nitrogen and oxygen atoms in total. The highest BCUT2D eigenvalue weighted by molar-refractivity contribution is 7.89. The number of nitrogens with zero attached hydrogens (tertiary/aromatic N) is 3. The van der Waals surface area contributed by atoms with Gasteiger partial charge in [0, 0.05) is 31.2 Å². The Labute approximate surface area is 164 Å². The minimum absolute atomic E-state index is 0.0414. The van der Waals surface area contributed by atoms with Crippen molar-refractivity contribution in [1.82, 2.24) is 9.21 Å². The van der Waals surface area contributed by atoms with E-state index in [0.29, 0.717) is 0 Å².